The van der Waals surface area contributed by atoms with Crippen LogP contribution in [0.5, 0.6) is 11.5 Å². The number of halogens is 2. The quantitative estimate of drug-likeness (QED) is 0.931. The van der Waals surface area contributed by atoms with Crippen LogP contribution in [0.1, 0.15) is 19.4 Å². The molecular weight excluding hydrogens is 279 g/mol. The predicted octanol–water partition coefficient (Wildman–Crippen LogP) is 2.83. The van der Waals surface area contributed by atoms with Crippen molar-refractivity contribution in [1.82, 2.24) is 0 Å². The number of hydrogen-bond donors (Lipinski definition) is 1. The highest BCUT2D eigenvalue weighted by Crippen LogP contribution is 2.43. The van der Waals surface area contributed by atoms with Crippen molar-refractivity contribution >= 4 is 15.9 Å². The van der Waals surface area contributed by atoms with Crippen molar-refractivity contribution in [2.45, 2.75) is 19.4 Å². The van der Waals surface area contributed by atoms with Crippen molar-refractivity contribution in [3.05, 3.63) is 21.9 Å². The number of aliphatic hydroxyl groups is 1. The van der Waals surface area contributed by atoms with E-state index in [1.165, 1.54) is 20.3 Å². The second-order valence-corrected chi connectivity index (χ2v) is 4.63. The van der Waals surface area contributed by atoms with Crippen LogP contribution >= 0.6 is 15.9 Å². The maximum absolute atomic E-state index is 13.6. The topological polar surface area (TPSA) is 38.7 Å². The first kappa shape index (κ1) is 13.3. The SMILES string of the molecule is COc1cc(F)c(Br)c(C(C)(C)O)c1OC. The third-order valence-electron chi connectivity index (χ3n) is 2.17. The summed E-state index contributed by atoms with van der Waals surface area (Å²) < 4.78 is 23.9. The average molecular weight is 293 g/mol. The molecule has 1 N–H and O–H groups in total. The first-order valence-corrected chi connectivity index (χ1v) is 5.45. The molecule has 1 aromatic carbocycles. The molecule has 0 aliphatic rings. The van der Waals surface area contributed by atoms with Crippen LogP contribution in [0.4, 0.5) is 4.39 Å². The molecule has 0 unspecified atom stereocenters. The summed E-state index contributed by atoms with van der Waals surface area (Å²) in [5.74, 6) is 0.0679. The molecule has 0 saturated carbocycles. The van der Waals surface area contributed by atoms with Gasteiger partial charge in [0.25, 0.3) is 0 Å². The molecule has 0 heterocycles. The van der Waals surface area contributed by atoms with Gasteiger partial charge >= 0.3 is 0 Å². The molecule has 0 radical (unpaired) electrons. The van der Waals surface area contributed by atoms with Gasteiger partial charge in [-0.05, 0) is 29.8 Å². The lowest BCUT2D eigenvalue weighted by molar-refractivity contribution is 0.0738. The zero-order valence-electron chi connectivity index (χ0n) is 9.60. The first-order chi connectivity index (χ1) is 7.32. The Kier molecular flexibility index (Phi) is 3.80. The van der Waals surface area contributed by atoms with Gasteiger partial charge in [0.15, 0.2) is 11.5 Å². The molecule has 0 fully saturated rings. The van der Waals surface area contributed by atoms with Crippen LogP contribution in [0.2, 0.25) is 0 Å². The van der Waals surface area contributed by atoms with Crippen molar-refractivity contribution < 1.29 is 19.0 Å². The standard InChI is InChI=1S/C11H14BrFO3/c1-11(2,14)8-9(12)6(13)5-7(15-3)10(8)16-4/h5,14H,1-4H3. The van der Waals surface area contributed by atoms with E-state index in [1.807, 2.05) is 0 Å². The molecule has 5 heteroatoms. The third-order valence-corrected chi connectivity index (χ3v) is 2.95. The van der Waals surface area contributed by atoms with Crippen LogP contribution in [-0.4, -0.2) is 19.3 Å². The fourth-order valence-electron chi connectivity index (χ4n) is 1.49. The summed E-state index contributed by atoms with van der Waals surface area (Å²) in [6.45, 7) is 3.10. The number of hydrogen-bond acceptors (Lipinski definition) is 3. The zero-order valence-corrected chi connectivity index (χ0v) is 11.2. The van der Waals surface area contributed by atoms with E-state index in [-0.39, 0.29) is 10.2 Å². The second-order valence-electron chi connectivity index (χ2n) is 3.84. The first-order valence-electron chi connectivity index (χ1n) is 4.65. The molecule has 16 heavy (non-hydrogen) atoms. The molecule has 0 saturated heterocycles. The van der Waals surface area contributed by atoms with E-state index < -0.39 is 11.4 Å². The summed E-state index contributed by atoms with van der Waals surface area (Å²) in [5.41, 5.74) is -0.911. The lowest BCUT2D eigenvalue weighted by Crippen LogP contribution is -2.18. The molecule has 90 valence electrons. The summed E-state index contributed by atoms with van der Waals surface area (Å²) in [7, 11) is 2.86. The van der Waals surface area contributed by atoms with Gasteiger partial charge in [-0.25, -0.2) is 4.39 Å². The van der Waals surface area contributed by atoms with E-state index in [9.17, 15) is 9.50 Å². The molecule has 1 aromatic rings. The fraction of sp³-hybridized carbons (Fsp3) is 0.455. The Labute approximate surface area is 102 Å². The summed E-state index contributed by atoms with van der Waals surface area (Å²) >= 11 is 3.10. The Morgan fingerprint density at radius 2 is 1.88 bits per heavy atom. The summed E-state index contributed by atoms with van der Waals surface area (Å²) in [6, 6.07) is 1.21. The number of ether oxygens (including phenoxy) is 2. The number of rotatable bonds is 3. The number of benzene rings is 1. The van der Waals surface area contributed by atoms with E-state index >= 15 is 0 Å². The lowest BCUT2D eigenvalue weighted by atomic mass is 9.96. The van der Waals surface area contributed by atoms with Gasteiger partial charge in [-0.1, -0.05) is 0 Å². The highest BCUT2D eigenvalue weighted by Gasteiger charge is 2.29. The molecule has 3 nitrogen and oxygen atoms in total. The minimum absolute atomic E-state index is 0.178. The van der Waals surface area contributed by atoms with E-state index in [0.29, 0.717) is 11.3 Å². The summed E-state index contributed by atoms with van der Waals surface area (Å²) in [6.07, 6.45) is 0. The van der Waals surface area contributed by atoms with Gasteiger partial charge in [0, 0.05) is 11.6 Å². The Balaban J connectivity index is 3.60. The van der Waals surface area contributed by atoms with E-state index in [0.717, 1.165) is 0 Å². The minimum Gasteiger partial charge on any atom is -0.493 e. The lowest BCUT2D eigenvalue weighted by Gasteiger charge is -2.24. The largest absolute Gasteiger partial charge is 0.493 e. The molecule has 0 bridgehead atoms. The van der Waals surface area contributed by atoms with Gasteiger partial charge in [-0.15, -0.1) is 0 Å². The fourth-order valence-corrected chi connectivity index (χ4v) is 2.27. The van der Waals surface area contributed by atoms with Gasteiger partial charge in [0.1, 0.15) is 5.82 Å². The van der Waals surface area contributed by atoms with Gasteiger partial charge < -0.3 is 14.6 Å². The minimum atomic E-state index is -1.24. The van der Waals surface area contributed by atoms with Crippen LogP contribution in [0.25, 0.3) is 0 Å². The summed E-state index contributed by atoms with van der Waals surface area (Å²) in [5, 5.41) is 9.99. The van der Waals surface area contributed by atoms with Crippen LogP contribution in [0.3, 0.4) is 0 Å². The summed E-state index contributed by atoms with van der Waals surface area (Å²) in [4.78, 5) is 0. The maximum atomic E-state index is 13.6. The van der Waals surface area contributed by atoms with E-state index in [2.05, 4.69) is 15.9 Å². The normalized spacial score (nSPS) is 11.4. The molecular formula is C11H14BrFO3. The molecule has 0 amide bonds. The smallest absolute Gasteiger partial charge is 0.168 e. The maximum Gasteiger partial charge on any atom is 0.168 e. The predicted molar refractivity (Wildman–Crippen MR) is 62.4 cm³/mol. The van der Waals surface area contributed by atoms with Crippen LogP contribution in [0, 0.1) is 5.82 Å². The number of methoxy groups -OCH3 is 2. The zero-order chi connectivity index (χ0) is 12.5. The monoisotopic (exact) mass is 292 g/mol. The van der Waals surface area contributed by atoms with Crippen LogP contribution in [-0.2, 0) is 5.60 Å². The second kappa shape index (κ2) is 4.59. The van der Waals surface area contributed by atoms with Gasteiger partial charge in [0.2, 0.25) is 0 Å². The van der Waals surface area contributed by atoms with Crippen molar-refractivity contribution in [1.29, 1.82) is 0 Å². The van der Waals surface area contributed by atoms with Crippen molar-refractivity contribution in [3.8, 4) is 11.5 Å². The van der Waals surface area contributed by atoms with Gasteiger partial charge in [-0.3, -0.25) is 0 Å². The van der Waals surface area contributed by atoms with Crippen molar-refractivity contribution in [2.75, 3.05) is 14.2 Å². The molecule has 0 spiro atoms. The Morgan fingerprint density at radius 1 is 1.31 bits per heavy atom. The van der Waals surface area contributed by atoms with Crippen LogP contribution < -0.4 is 9.47 Å². The van der Waals surface area contributed by atoms with Gasteiger partial charge in [-0.2, -0.15) is 0 Å². The van der Waals surface area contributed by atoms with Gasteiger partial charge in [0.05, 0.1) is 24.3 Å². The Bertz CT molecular complexity index is 399. The third kappa shape index (κ3) is 2.30. The molecule has 0 aliphatic heterocycles. The Hall–Kier alpha value is -0.810. The average Bonchev–Trinajstić information content (AvgIpc) is 2.19. The van der Waals surface area contributed by atoms with E-state index in [1.54, 1.807) is 13.8 Å². The molecule has 0 aliphatic carbocycles. The molecule has 0 aromatic heterocycles. The highest BCUT2D eigenvalue weighted by atomic mass is 79.9. The van der Waals surface area contributed by atoms with Crippen molar-refractivity contribution in [3.63, 3.8) is 0 Å². The van der Waals surface area contributed by atoms with E-state index in [4.69, 9.17) is 9.47 Å². The molecule has 0 atom stereocenters. The van der Waals surface area contributed by atoms with Crippen LogP contribution in [0.15, 0.2) is 10.5 Å². The Morgan fingerprint density at radius 3 is 2.25 bits per heavy atom. The molecule has 1 rings (SSSR count). The van der Waals surface area contributed by atoms with Crippen molar-refractivity contribution in [2.24, 2.45) is 0 Å². The highest BCUT2D eigenvalue weighted by molar-refractivity contribution is 9.10.